The fourth-order valence-corrected chi connectivity index (χ4v) is 5.15. The summed E-state index contributed by atoms with van der Waals surface area (Å²) in [6.07, 6.45) is -4.85. The van der Waals surface area contributed by atoms with Crippen LogP contribution in [0, 0.1) is 0 Å². The van der Waals surface area contributed by atoms with Crippen molar-refractivity contribution >= 4 is 29.0 Å². The molecule has 1 fully saturated rings. The highest BCUT2D eigenvalue weighted by atomic mass is 35.5. The first-order valence-corrected chi connectivity index (χ1v) is 12.5. The molecule has 3 heterocycles. The third kappa shape index (κ3) is 5.07. The highest BCUT2D eigenvalue weighted by Crippen LogP contribution is 2.44. The van der Waals surface area contributed by atoms with Crippen molar-refractivity contribution in [3.8, 4) is 11.5 Å². The summed E-state index contributed by atoms with van der Waals surface area (Å²) in [4.78, 5) is 17.0. The van der Waals surface area contributed by atoms with Gasteiger partial charge in [-0.15, -0.1) is 0 Å². The number of rotatable bonds is 5. The molecule has 3 aromatic rings. The lowest BCUT2D eigenvalue weighted by atomic mass is 9.96. The second-order valence-corrected chi connectivity index (χ2v) is 9.66. The van der Waals surface area contributed by atoms with Gasteiger partial charge in [0.05, 0.1) is 20.3 Å². The second kappa shape index (κ2) is 10.3. The number of halogens is 4. The quantitative estimate of drug-likeness (QED) is 0.473. The first kappa shape index (κ1) is 26.0. The van der Waals surface area contributed by atoms with Gasteiger partial charge in [-0.05, 0) is 35.9 Å². The van der Waals surface area contributed by atoms with Crippen LogP contribution in [0.1, 0.15) is 34.6 Å². The maximum Gasteiger partial charge on any atom is 0.410 e. The maximum absolute atomic E-state index is 14.1. The lowest BCUT2D eigenvalue weighted by molar-refractivity contribution is -0.173. The van der Waals surface area contributed by atoms with Crippen molar-refractivity contribution < 1.29 is 27.4 Å². The third-order valence-electron chi connectivity index (χ3n) is 6.96. The summed E-state index contributed by atoms with van der Waals surface area (Å²) in [6, 6.07) is 11.3. The summed E-state index contributed by atoms with van der Waals surface area (Å²) in [5, 5.41) is 7.88. The minimum Gasteiger partial charge on any atom is -0.493 e. The number of amides is 1. The molecule has 1 amide bonds. The number of methoxy groups -OCH3 is 2. The van der Waals surface area contributed by atoms with Crippen LogP contribution in [0.3, 0.4) is 0 Å². The van der Waals surface area contributed by atoms with Gasteiger partial charge in [-0.2, -0.15) is 18.3 Å². The molecule has 1 saturated heterocycles. The number of fused-ring (bicyclic) bond motifs is 1. The molecule has 2 aromatic carbocycles. The molecule has 0 unspecified atom stereocenters. The first-order valence-electron chi connectivity index (χ1n) is 12.1. The minimum atomic E-state index is -4.55. The predicted molar refractivity (Wildman–Crippen MR) is 137 cm³/mol. The summed E-state index contributed by atoms with van der Waals surface area (Å²) < 4.78 is 53.8. The Morgan fingerprint density at radius 3 is 2.42 bits per heavy atom. The van der Waals surface area contributed by atoms with E-state index >= 15 is 0 Å². The molecule has 1 aromatic heterocycles. The van der Waals surface area contributed by atoms with Gasteiger partial charge >= 0.3 is 6.18 Å². The fraction of sp³-hybridized carbons (Fsp3) is 0.385. The normalized spacial score (nSPS) is 19.5. The number of nitrogens with one attached hydrogen (secondary N) is 1. The topological polar surface area (TPSA) is 71.9 Å². The maximum atomic E-state index is 14.1. The molecule has 2 aliphatic rings. The Morgan fingerprint density at radius 2 is 1.76 bits per heavy atom. The van der Waals surface area contributed by atoms with Crippen LogP contribution in [0.2, 0.25) is 5.02 Å². The summed E-state index contributed by atoms with van der Waals surface area (Å²) in [5.41, 5.74) is 1.54. The van der Waals surface area contributed by atoms with E-state index in [9.17, 15) is 18.0 Å². The average molecular weight is 550 g/mol. The van der Waals surface area contributed by atoms with Crippen LogP contribution in [-0.2, 0) is 0 Å². The van der Waals surface area contributed by atoms with Crippen LogP contribution < -0.4 is 19.7 Å². The molecule has 0 bridgehead atoms. The van der Waals surface area contributed by atoms with Gasteiger partial charge in [-0.3, -0.25) is 4.79 Å². The number of carbonyl (C=O) groups is 1. The predicted octanol–water partition coefficient (Wildman–Crippen LogP) is 5.18. The van der Waals surface area contributed by atoms with Gasteiger partial charge in [-0.25, -0.2) is 4.68 Å². The molecular weight excluding hydrogens is 523 g/mol. The average Bonchev–Trinajstić information content (AvgIpc) is 3.35. The van der Waals surface area contributed by atoms with Gasteiger partial charge in [0.15, 0.2) is 23.2 Å². The van der Waals surface area contributed by atoms with Gasteiger partial charge in [0, 0.05) is 49.4 Å². The summed E-state index contributed by atoms with van der Waals surface area (Å²) in [5.74, 6) is 0.636. The van der Waals surface area contributed by atoms with Crippen LogP contribution in [-0.4, -0.2) is 67.2 Å². The minimum absolute atomic E-state index is 0.0223. The molecule has 202 valence electrons. The van der Waals surface area contributed by atoms with Crippen LogP contribution in [0.15, 0.2) is 48.5 Å². The number of aromatic nitrogens is 2. The summed E-state index contributed by atoms with van der Waals surface area (Å²) in [7, 11) is 2.96. The lowest BCUT2D eigenvalue weighted by Gasteiger charge is -2.35. The number of hydrogen-bond acceptors (Lipinski definition) is 6. The highest BCUT2D eigenvalue weighted by Gasteiger charge is 2.47. The van der Waals surface area contributed by atoms with Gasteiger partial charge in [0.1, 0.15) is 5.82 Å². The Kier molecular flexibility index (Phi) is 7.04. The van der Waals surface area contributed by atoms with E-state index in [1.165, 1.54) is 20.3 Å². The van der Waals surface area contributed by atoms with Crippen LogP contribution in [0.25, 0.3) is 0 Å². The van der Waals surface area contributed by atoms with E-state index < -0.39 is 24.2 Å². The SMILES string of the molecule is COc1ccc([C@H]2C[C@H](C(F)(F)F)n3nc(C(=O)N4CCN(c5cccc(Cl)c5)CC4)cc3N2)cc1OC. The number of hydrogen-bond donors (Lipinski definition) is 1. The van der Waals surface area contributed by atoms with Crippen molar-refractivity contribution in [1.29, 1.82) is 0 Å². The Labute approximate surface area is 222 Å². The Bertz CT molecular complexity index is 1320. The highest BCUT2D eigenvalue weighted by molar-refractivity contribution is 6.30. The zero-order valence-corrected chi connectivity index (χ0v) is 21.6. The molecule has 12 heteroatoms. The van der Waals surface area contributed by atoms with E-state index in [0.717, 1.165) is 10.4 Å². The van der Waals surface area contributed by atoms with Crippen molar-refractivity contribution in [3.63, 3.8) is 0 Å². The zero-order chi connectivity index (χ0) is 27.0. The Hall–Kier alpha value is -3.60. The summed E-state index contributed by atoms with van der Waals surface area (Å²) >= 11 is 6.10. The molecule has 0 saturated carbocycles. The largest absolute Gasteiger partial charge is 0.493 e. The van der Waals surface area contributed by atoms with Crippen molar-refractivity contribution in [2.24, 2.45) is 0 Å². The van der Waals surface area contributed by atoms with Gasteiger partial charge in [0.25, 0.3) is 5.91 Å². The number of anilines is 2. The number of nitrogens with zero attached hydrogens (tertiary/aromatic N) is 4. The monoisotopic (exact) mass is 549 g/mol. The van der Waals surface area contributed by atoms with Crippen molar-refractivity contribution in [2.45, 2.75) is 24.7 Å². The fourth-order valence-electron chi connectivity index (χ4n) is 4.97. The Balaban J connectivity index is 1.36. The molecule has 2 aliphatic heterocycles. The molecule has 38 heavy (non-hydrogen) atoms. The molecule has 5 rings (SSSR count). The number of benzene rings is 2. The smallest absolute Gasteiger partial charge is 0.410 e. The standard InChI is InChI=1S/C26H27ClF3N5O3/c1-37-21-7-6-16(12-22(21)38-2)19-14-23(26(28,29)30)35-24(31-19)15-20(32-35)25(36)34-10-8-33(9-11-34)18-5-3-4-17(27)13-18/h3-7,12-13,15,19,23,31H,8-11,14H2,1-2H3/t19-,23-/m1/s1. The molecule has 2 atom stereocenters. The van der Waals surface area contributed by atoms with E-state index in [0.29, 0.717) is 48.3 Å². The molecular formula is C26H27ClF3N5O3. The first-order chi connectivity index (χ1) is 18.2. The van der Waals surface area contributed by atoms with Gasteiger partial charge < -0.3 is 24.6 Å². The van der Waals surface area contributed by atoms with E-state index in [2.05, 4.69) is 15.3 Å². The number of alkyl halides is 3. The molecule has 1 N–H and O–H groups in total. The number of carbonyl (C=O) groups excluding carboxylic acids is 1. The van der Waals surface area contributed by atoms with Crippen molar-refractivity contribution in [1.82, 2.24) is 14.7 Å². The Morgan fingerprint density at radius 1 is 1.03 bits per heavy atom. The van der Waals surface area contributed by atoms with E-state index in [-0.39, 0.29) is 17.9 Å². The van der Waals surface area contributed by atoms with Crippen LogP contribution in [0.4, 0.5) is 24.7 Å². The van der Waals surface area contributed by atoms with E-state index in [1.54, 1.807) is 29.2 Å². The zero-order valence-electron chi connectivity index (χ0n) is 20.8. The third-order valence-corrected chi connectivity index (χ3v) is 7.19. The van der Waals surface area contributed by atoms with E-state index in [4.69, 9.17) is 21.1 Å². The molecule has 0 aliphatic carbocycles. The lowest BCUT2D eigenvalue weighted by Crippen LogP contribution is -2.49. The number of piperazine rings is 1. The van der Waals surface area contributed by atoms with E-state index in [1.807, 2.05) is 18.2 Å². The molecule has 0 radical (unpaired) electrons. The van der Waals surface area contributed by atoms with Gasteiger partial charge in [-0.1, -0.05) is 23.7 Å². The summed E-state index contributed by atoms with van der Waals surface area (Å²) in [6.45, 7) is 1.98. The molecule has 0 spiro atoms. The van der Waals surface area contributed by atoms with Crippen LogP contribution >= 0.6 is 11.6 Å². The van der Waals surface area contributed by atoms with Crippen molar-refractivity contribution in [3.05, 3.63) is 64.8 Å². The van der Waals surface area contributed by atoms with Crippen LogP contribution in [0.5, 0.6) is 11.5 Å². The molecule has 8 nitrogen and oxygen atoms in total. The van der Waals surface area contributed by atoms with Crippen molar-refractivity contribution in [2.75, 3.05) is 50.6 Å². The second-order valence-electron chi connectivity index (χ2n) is 9.22. The van der Waals surface area contributed by atoms with Gasteiger partial charge in [0.2, 0.25) is 0 Å². The number of ether oxygens (including phenoxy) is 2.